The fourth-order valence-electron chi connectivity index (χ4n) is 0.636. The summed E-state index contributed by atoms with van der Waals surface area (Å²) >= 11 is 0. The third-order valence-electron chi connectivity index (χ3n) is 1.27. The molecule has 7 heteroatoms. The summed E-state index contributed by atoms with van der Waals surface area (Å²) in [5, 5.41) is 17.2. The second kappa shape index (κ2) is 4.25. The average molecular weight is 210 g/mol. The summed E-state index contributed by atoms with van der Waals surface area (Å²) in [6.07, 6.45) is 0. The Kier molecular flexibility index (Phi) is 4.13. The first-order valence-corrected chi connectivity index (χ1v) is 2.76. The Morgan fingerprint density at radius 1 is 0.615 bits per heavy atom. The predicted octanol–water partition coefficient (Wildman–Crippen LogP) is -3.23. The van der Waals surface area contributed by atoms with E-state index in [0.29, 0.717) is 0 Å². The normalized spacial score (nSPS) is 9.23. The van der Waals surface area contributed by atoms with Crippen LogP contribution >= 0.6 is 0 Å². The number of phenolic OH excluding ortho intramolecular Hbond substituents is 2. The van der Waals surface area contributed by atoms with Crippen molar-refractivity contribution < 1.29 is 10.2 Å². The van der Waals surface area contributed by atoms with Gasteiger partial charge in [-0.25, -0.2) is 0 Å². The van der Waals surface area contributed by atoms with Crippen LogP contribution in [0.1, 0.15) is 0 Å². The summed E-state index contributed by atoms with van der Waals surface area (Å²) < 4.78 is 0. The Balaban J connectivity index is 0.00000144. The standard InChI is InChI=1S/C6H2O6.K.H/c7-1-2(8)4(10)6(12)5(11)3(1)9;;/h7-8H;;. The molecular weight excluding hydrogens is 207 g/mol. The van der Waals surface area contributed by atoms with E-state index in [0.717, 1.165) is 0 Å². The SMILES string of the molecule is O=c1c(O)c(O)c(=O)c(=O)c1=O.[KH]. The fourth-order valence-corrected chi connectivity index (χ4v) is 0.636. The molecule has 0 unspecified atom stereocenters. The molecule has 2 N–H and O–H groups in total. The Morgan fingerprint density at radius 2 is 0.846 bits per heavy atom. The van der Waals surface area contributed by atoms with Crippen LogP contribution in [0.15, 0.2) is 19.2 Å². The van der Waals surface area contributed by atoms with Crippen molar-refractivity contribution in [1.29, 1.82) is 0 Å². The summed E-state index contributed by atoms with van der Waals surface area (Å²) in [5.41, 5.74) is -6.38. The second-order valence-corrected chi connectivity index (χ2v) is 2.01. The van der Waals surface area contributed by atoms with E-state index in [4.69, 9.17) is 10.2 Å². The number of hydrogen-bond donors (Lipinski definition) is 2. The van der Waals surface area contributed by atoms with Crippen LogP contribution in [0.2, 0.25) is 0 Å². The van der Waals surface area contributed by atoms with Crippen molar-refractivity contribution in [1.82, 2.24) is 0 Å². The first-order chi connectivity index (χ1) is 5.46. The van der Waals surface area contributed by atoms with E-state index < -0.39 is 33.2 Å². The van der Waals surface area contributed by atoms with Gasteiger partial charge >= 0.3 is 51.4 Å². The minimum absolute atomic E-state index is 0. The minimum atomic E-state index is -1.63. The van der Waals surface area contributed by atoms with E-state index >= 15 is 0 Å². The molecule has 0 atom stereocenters. The Morgan fingerprint density at radius 3 is 1.08 bits per heavy atom. The van der Waals surface area contributed by atoms with Gasteiger partial charge < -0.3 is 10.2 Å². The van der Waals surface area contributed by atoms with Crippen LogP contribution in [-0.2, 0) is 0 Å². The van der Waals surface area contributed by atoms with Gasteiger partial charge in [-0.2, -0.15) is 0 Å². The van der Waals surface area contributed by atoms with E-state index in [1.807, 2.05) is 0 Å². The predicted molar refractivity (Wildman–Crippen MR) is 44.4 cm³/mol. The van der Waals surface area contributed by atoms with Gasteiger partial charge in [0.05, 0.1) is 0 Å². The molecular formula is C6H3KO6. The summed E-state index contributed by atoms with van der Waals surface area (Å²) in [6, 6.07) is 0. The van der Waals surface area contributed by atoms with Crippen LogP contribution in [0.4, 0.5) is 0 Å². The number of phenols is 2. The van der Waals surface area contributed by atoms with Crippen molar-refractivity contribution in [3.8, 4) is 11.5 Å². The van der Waals surface area contributed by atoms with Crippen LogP contribution in [-0.4, -0.2) is 61.6 Å². The molecule has 0 saturated carbocycles. The zero-order chi connectivity index (χ0) is 9.46. The number of hydrogen-bond acceptors (Lipinski definition) is 6. The van der Waals surface area contributed by atoms with E-state index in [9.17, 15) is 19.2 Å². The first-order valence-electron chi connectivity index (χ1n) is 2.76. The maximum absolute atomic E-state index is 10.5. The molecule has 0 heterocycles. The van der Waals surface area contributed by atoms with Gasteiger partial charge in [0, 0.05) is 0 Å². The molecule has 0 amide bonds. The van der Waals surface area contributed by atoms with Crippen molar-refractivity contribution in [3.63, 3.8) is 0 Å². The van der Waals surface area contributed by atoms with E-state index in [1.165, 1.54) is 0 Å². The van der Waals surface area contributed by atoms with Gasteiger partial charge in [0.25, 0.3) is 21.7 Å². The van der Waals surface area contributed by atoms with Crippen LogP contribution in [0.3, 0.4) is 0 Å². The van der Waals surface area contributed by atoms with Gasteiger partial charge in [0.1, 0.15) is 0 Å². The van der Waals surface area contributed by atoms with Crippen molar-refractivity contribution in [2.24, 2.45) is 0 Å². The van der Waals surface area contributed by atoms with Gasteiger partial charge in [0.2, 0.25) is 11.5 Å². The Bertz CT molecular complexity index is 475. The topological polar surface area (TPSA) is 109 Å². The van der Waals surface area contributed by atoms with Gasteiger partial charge in [-0.15, -0.1) is 0 Å². The molecule has 0 saturated heterocycles. The van der Waals surface area contributed by atoms with E-state index in [2.05, 4.69) is 0 Å². The fraction of sp³-hybridized carbons (Fsp3) is 0. The van der Waals surface area contributed by atoms with Gasteiger partial charge in [0.15, 0.2) is 0 Å². The third kappa shape index (κ3) is 1.94. The van der Waals surface area contributed by atoms with Crippen LogP contribution in [0.5, 0.6) is 11.5 Å². The molecule has 1 aromatic carbocycles. The van der Waals surface area contributed by atoms with Crippen molar-refractivity contribution >= 4 is 51.4 Å². The Labute approximate surface area is 113 Å². The molecule has 0 aromatic heterocycles. The molecule has 0 bridgehead atoms. The molecule has 0 aliphatic rings. The molecule has 1 rings (SSSR count). The molecule has 0 spiro atoms. The number of rotatable bonds is 0. The first kappa shape index (κ1) is 12.7. The maximum atomic E-state index is 10.5. The van der Waals surface area contributed by atoms with Gasteiger partial charge in [-0.3, -0.25) is 19.2 Å². The summed E-state index contributed by atoms with van der Waals surface area (Å²) in [5.74, 6) is -2.74. The molecule has 0 aliphatic carbocycles. The van der Waals surface area contributed by atoms with Crippen LogP contribution in [0, 0.1) is 0 Å². The molecule has 0 fully saturated rings. The van der Waals surface area contributed by atoms with Crippen LogP contribution in [0.25, 0.3) is 0 Å². The Hall–Kier alpha value is -0.344. The summed E-state index contributed by atoms with van der Waals surface area (Å²) in [6.45, 7) is 0. The van der Waals surface area contributed by atoms with Gasteiger partial charge in [-0.05, 0) is 0 Å². The van der Waals surface area contributed by atoms with Crippen LogP contribution < -0.4 is 21.7 Å². The summed E-state index contributed by atoms with van der Waals surface area (Å²) in [4.78, 5) is 41.9. The van der Waals surface area contributed by atoms with Gasteiger partial charge in [-0.1, -0.05) is 0 Å². The zero-order valence-electron chi connectivity index (χ0n) is 5.53. The molecule has 6 nitrogen and oxygen atoms in total. The average Bonchev–Trinajstić information content (AvgIpc) is 2.08. The molecule has 0 aliphatic heterocycles. The third-order valence-corrected chi connectivity index (χ3v) is 1.27. The quantitative estimate of drug-likeness (QED) is 0.265. The zero-order valence-corrected chi connectivity index (χ0v) is 5.53. The van der Waals surface area contributed by atoms with E-state index in [1.54, 1.807) is 0 Å². The van der Waals surface area contributed by atoms with Crippen molar-refractivity contribution in [2.45, 2.75) is 0 Å². The molecule has 64 valence electrons. The number of aromatic hydroxyl groups is 2. The molecule has 0 radical (unpaired) electrons. The second-order valence-electron chi connectivity index (χ2n) is 2.01. The van der Waals surface area contributed by atoms with Crippen molar-refractivity contribution in [2.75, 3.05) is 0 Å². The number of benzene rings is 1. The molecule has 1 aromatic rings. The monoisotopic (exact) mass is 210 g/mol. The summed E-state index contributed by atoms with van der Waals surface area (Å²) in [7, 11) is 0. The molecule has 13 heavy (non-hydrogen) atoms. The van der Waals surface area contributed by atoms with Crippen molar-refractivity contribution in [3.05, 3.63) is 40.9 Å². The van der Waals surface area contributed by atoms with E-state index in [-0.39, 0.29) is 51.4 Å².